The third-order valence-corrected chi connectivity index (χ3v) is 6.59. The number of carbonyl (C=O) groups is 2. The van der Waals surface area contributed by atoms with Crippen LogP contribution in [-0.4, -0.2) is 55.1 Å². The van der Waals surface area contributed by atoms with Crippen molar-refractivity contribution >= 4 is 62.9 Å². The van der Waals surface area contributed by atoms with Gasteiger partial charge in [-0.2, -0.15) is 0 Å². The van der Waals surface area contributed by atoms with Crippen LogP contribution in [0.5, 0.6) is 0 Å². The topological polar surface area (TPSA) is 100 Å². The SMILES string of the molecule is CCOC(=O)c1ccc(/C=C/c2ccc(C(=O)OCC)cc2[Se]C#N)c([Se]C#N)c1. The van der Waals surface area contributed by atoms with E-state index >= 15 is 0 Å². The number of rotatable bonds is 8. The molecule has 0 heterocycles. The molecule has 30 heavy (non-hydrogen) atoms. The summed E-state index contributed by atoms with van der Waals surface area (Å²) in [6.07, 6.45) is 3.69. The molecule has 152 valence electrons. The minimum absolute atomic E-state index is 0.282. The summed E-state index contributed by atoms with van der Waals surface area (Å²) >= 11 is -0.926. The predicted molar refractivity (Wildman–Crippen MR) is 116 cm³/mol. The summed E-state index contributed by atoms with van der Waals surface area (Å²) < 4.78 is 11.6. The van der Waals surface area contributed by atoms with Crippen LogP contribution in [0.25, 0.3) is 12.2 Å². The van der Waals surface area contributed by atoms with Crippen LogP contribution in [-0.2, 0) is 9.47 Å². The molecular weight excluding hydrogens is 514 g/mol. The van der Waals surface area contributed by atoms with E-state index in [9.17, 15) is 9.59 Å². The van der Waals surface area contributed by atoms with Gasteiger partial charge >= 0.3 is 188 Å². The monoisotopic (exact) mass is 534 g/mol. The molecule has 2 aromatic carbocycles. The van der Waals surface area contributed by atoms with Gasteiger partial charge in [-0.1, -0.05) is 0 Å². The van der Waals surface area contributed by atoms with E-state index in [1.54, 1.807) is 50.2 Å². The van der Waals surface area contributed by atoms with E-state index in [1.165, 1.54) is 0 Å². The first-order chi connectivity index (χ1) is 14.5. The van der Waals surface area contributed by atoms with Crippen molar-refractivity contribution < 1.29 is 19.1 Å². The molecule has 0 fully saturated rings. The summed E-state index contributed by atoms with van der Waals surface area (Å²) in [5.74, 6) is -0.840. The van der Waals surface area contributed by atoms with Gasteiger partial charge in [0, 0.05) is 0 Å². The number of esters is 2. The van der Waals surface area contributed by atoms with Crippen LogP contribution < -0.4 is 8.92 Å². The number of nitrogens with zero attached hydrogens (tertiary/aromatic N) is 2. The van der Waals surface area contributed by atoms with Crippen molar-refractivity contribution in [3.63, 3.8) is 0 Å². The third kappa shape index (κ3) is 6.32. The van der Waals surface area contributed by atoms with E-state index in [4.69, 9.17) is 20.0 Å². The van der Waals surface area contributed by atoms with Gasteiger partial charge in [-0.15, -0.1) is 0 Å². The van der Waals surface area contributed by atoms with Crippen LogP contribution >= 0.6 is 0 Å². The third-order valence-electron chi connectivity index (χ3n) is 3.80. The second-order valence-corrected chi connectivity index (χ2v) is 9.13. The normalized spacial score (nSPS) is 10.3. The van der Waals surface area contributed by atoms with Crippen LogP contribution in [0.2, 0.25) is 0 Å². The molecule has 0 aromatic heterocycles. The molecule has 0 aliphatic heterocycles. The molecule has 0 amide bonds. The van der Waals surface area contributed by atoms with Crippen LogP contribution in [0.4, 0.5) is 0 Å². The van der Waals surface area contributed by atoms with Crippen LogP contribution in [0.1, 0.15) is 45.7 Å². The number of benzene rings is 2. The summed E-state index contributed by atoms with van der Waals surface area (Å²) in [4.78, 5) is 28.3. The standard InChI is InChI=1S/C22H18N2O4Se2/c1-3-27-21(25)17-9-7-15(19(11-17)29-13-23)5-6-16-8-10-18(22(26)28-4-2)12-20(16)30-14-24/h5-12H,3-4H2,1-2H3/b6-5+. The van der Waals surface area contributed by atoms with Crippen LogP contribution in [0.3, 0.4) is 0 Å². The Morgan fingerprint density at radius 2 is 1.23 bits per heavy atom. The first-order valence-corrected chi connectivity index (χ1v) is 12.4. The van der Waals surface area contributed by atoms with Crippen molar-refractivity contribution in [1.82, 2.24) is 0 Å². The van der Waals surface area contributed by atoms with Gasteiger partial charge in [0.2, 0.25) is 0 Å². The van der Waals surface area contributed by atoms with E-state index in [0.717, 1.165) is 20.1 Å². The van der Waals surface area contributed by atoms with Crippen LogP contribution in [0.15, 0.2) is 36.4 Å². The number of nitriles is 2. The van der Waals surface area contributed by atoms with Crippen molar-refractivity contribution in [2.75, 3.05) is 13.2 Å². The Morgan fingerprint density at radius 3 is 1.57 bits per heavy atom. The van der Waals surface area contributed by atoms with Gasteiger partial charge in [-0.25, -0.2) is 0 Å². The fourth-order valence-electron chi connectivity index (χ4n) is 2.48. The molecular formula is C22H18N2O4Se2. The summed E-state index contributed by atoms with van der Waals surface area (Å²) in [6, 6.07) is 10.3. The van der Waals surface area contributed by atoms with Crippen molar-refractivity contribution in [2.24, 2.45) is 0 Å². The van der Waals surface area contributed by atoms with E-state index < -0.39 is 41.9 Å². The average Bonchev–Trinajstić information content (AvgIpc) is 2.74. The second-order valence-electron chi connectivity index (χ2n) is 5.67. The zero-order valence-corrected chi connectivity index (χ0v) is 19.8. The Bertz CT molecular complexity index is 969. The second kappa shape index (κ2) is 12.0. The average molecular weight is 532 g/mol. The maximum atomic E-state index is 12.0. The Morgan fingerprint density at radius 1 is 0.833 bits per heavy atom. The van der Waals surface area contributed by atoms with Crippen LogP contribution in [0, 0.1) is 20.5 Å². The predicted octanol–water partition coefficient (Wildman–Crippen LogP) is 1.83. The summed E-state index contributed by atoms with van der Waals surface area (Å²) in [7, 11) is 0. The van der Waals surface area contributed by atoms with Gasteiger partial charge in [0.15, 0.2) is 0 Å². The Hall–Kier alpha value is -2.86. The van der Waals surface area contributed by atoms with E-state index in [0.29, 0.717) is 11.1 Å². The fraction of sp³-hybridized carbons (Fsp3) is 0.182. The molecule has 0 saturated carbocycles. The summed E-state index contributed by atoms with van der Waals surface area (Å²) in [5, 5.41) is 18.3. The first-order valence-electron chi connectivity index (χ1n) is 8.96. The van der Waals surface area contributed by atoms with E-state index in [2.05, 4.69) is 9.94 Å². The van der Waals surface area contributed by atoms with Gasteiger partial charge < -0.3 is 0 Å². The molecule has 0 aliphatic carbocycles. The molecule has 8 heteroatoms. The zero-order chi connectivity index (χ0) is 21.9. The molecule has 0 aliphatic rings. The van der Waals surface area contributed by atoms with Crippen molar-refractivity contribution in [1.29, 1.82) is 10.5 Å². The Labute approximate surface area is 187 Å². The number of ether oxygens (including phenoxy) is 2. The molecule has 0 saturated heterocycles. The van der Waals surface area contributed by atoms with Crippen molar-refractivity contribution in [3.05, 3.63) is 58.7 Å². The molecule has 0 radical (unpaired) electrons. The summed E-state index contributed by atoms with van der Waals surface area (Å²) in [5.41, 5.74) is 2.45. The van der Waals surface area contributed by atoms with Gasteiger partial charge in [-0.05, 0) is 0 Å². The van der Waals surface area contributed by atoms with Gasteiger partial charge in [0.1, 0.15) is 0 Å². The van der Waals surface area contributed by atoms with Gasteiger partial charge in [0.05, 0.1) is 0 Å². The first kappa shape index (κ1) is 23.4. The minimum atomic E-state index is -0.463. The van der Waals surface area contributed by atoms with Crippen molar-refractivity contribution in [3.8, 4) is 9.94 Å². The molecule has 2 aromatic rings. The molecule has 0 atom stereocenters. The molecule has 0 unspecified atom stereocenters. The number of hydrogen-bond acceptors (Lipinski definition) is 6. The molecule has 6 nitrogen and oxygen atoms in total. The fourth-order valence-corrected chi connectivity index (χ4v) is 4.74. The maximum absolute atomic E-state index is 12.0. The molecule has 0 bridgehead atoms. The molecule has 2 rings (SSSR count). The van der Waals surface area contributed by atoms with Crippen molar-refractivity contribution in [2.45, 2.75) is 13.8 Å². The van der Waals surface area contributed by atoms with E-state index in [-0.39, 0.29) is 13.2 Å². The zero-order valence-electron chi connectivity index (χ0n) is 16.4. The number of carbonyl (C=O) groups excluding carboxylic acids is 2. The van der Waals surface area contributed by atoms with Gasteiger partial charge in [0.25, 0.3) is 0 Å². The Balaban J connectivity index is 2.38. The molecule has 0 spiro atoms. The molecule has 0 N–H and O–H groups in total. The quantitative estimate of drug-likeness (QED) is 0.292. The number of hydrogen-bond donors (Lipinski definition) is 0. The van der Waals surface area contributed by atoms with Gasteiger partial charge in [-0.3, -0.25) is 0 Å². The summed E-state index contributed by atoms with van der Waals surface area (Å²) in [6.45, 7) is 4.04. The Kier molecular flexibility index (Phi) is 9.35. The van der Waals surface area contributed by atoms with E-state index in [1.807, 2.05) is 12.2 Å².